The average molecular weight is 447 g/mol. The normalized spacial score (nSPS) is 21.6. The lowest BCUT2D eigenvalue weighted by Crippen LogP contribution is -2.47. The molecular formula is C24H25N5O4. The highest BCUT2D eigenvalue weighted by Crippen LogP contribution is 2.29. The third-order valence-electron chi connectivity index (χ3n) is 6.73. The highest BCUT2D eigenvalue weighted by molar-refractivity contribution is 6.09. The Bertz CT molecular complexity index is 1290. The van der Waals surface area contributed by atoms with E-state index in [9.17, 15) is 19.2 Å². The first-order valence-electron chi connectivity index (χ1n) is 11.0. The molecule has 0 aliphatic carbocycles. The molecule has 1 atom stereocenters. The summed E-state index contributed by atoms with van der Waals surface area (Å²) in [6.07, 6.45) is 1.24. The fourth-order valence-electron chi connectivity index (χ4n) is 4.85. The van der Waals surface area contributed by atoms with Crippen LogP contribution in [-0.4, -0.2) is 56.8 Å². The fourth-order valence-corrected chi connectivity index (χ4v) is 4.85. The van der Waals surface area contributed by atoms with Gasteiger partial charge >= 0.3 is 11.7 Å². The molecule has 1 unspecified atom stereocenters. The molecule has 4 amide bonds. The number of hydrogen-bond acceptors (Lipinski definition) is 4. The molecule has 170 valence electrons. The fraction of sp³-hybridized carbons (Fsp3) is 0.333. The second kappa shape index (κ2) is 7.91. The number of hydrogen-bond donors (Lipinski definition) is 2. The topological polar surface area (TPSA) is 108 Å². The Labute approximate surface area is 190 Å². The van der Waals surface area contributed by atoms with Crippen molar-refractivity contribution in [2.24, 2.45) is 0 Å². The van der Waals surface area contributed by atoms with Crippen molar-refractivity contribution in [2.75, 3.05) is 19.6 Å². The first-order chi connectivity index (χ1) is 15.9. The highest BCUT2D eigenvalue weighted by Gasteiger charge is 2.49. The number of carbonyl (C=O) groups excluding carboxylic acids is 3. The summed E-state index contributed by atoms with van der Waals surface area (Å²) < 4.78 is 1.76. The molecule has 0 bridgehead atoms. The minimum atomic E-state index is -1.19. The summed E-state index contributed by atoms with van der Waals surface area (Å²) in [7, 11) is 0. The SMILES string of the molecule is CC1(c2ccccc2)NC(=O)N(CC(=O)N2CCC(n3c(=O)[nH]c4ccccc43)CC2)C1=O. The van der Waals surface area contributed by atoms with Crippen LogP contribution in [0.2, 0.25) is 0 Å². The number of likely N-dealkylation sites (tertiary alicyclic amines) is 1. The van der Waals surface area contributed by atoms with E-state index in [0.29, 0.717) is 31.5 Å². The third-order valence-corrected chi connectivity index (χ3v) is 6.73. The van der Waals surface area contributed by atoms with Crippen LogP contribution < -0.4 is 11.0 Å². The molecule has 2 N–H and O–H groups in total. The van der Waals surface area contributed by atoms with Gasteiger partial charge in [-0.15, -0.1) is 0 Å². The van der Waals surface area contributed by atoms with Crippen LogP contribution in [0, 0.1) is 0 Å². The first kappa shape index (κ1) is 21.0. The Balaban J connectivity index is 1.25. The van der Waals surface area contributed by atoms with E-state index in [2.05, 4.69) is 10.3 Å². The van der Waals surface area contributed by atoms with E-state index in [4.69, 9.17) is 0 Å². The summed E-state index contributed by atoms with van der Waals surface area (Å²) in [6.45, 7) is 2.26. The molecule has 9 nitrogen and oxygen atoms in total. The summed E-state index contributed by atoms with van der Waals surface area (Å²) in [5.41, 5.74) is 0.971. The summed E-state index contributed by atoms with van der Waals surface area (Å²) in [4.78, 5) is 56.5. The van der Waals surface area contributed by atoms with Crippen molar-refractivity contribution in [3.05, 3.63) is 70.6 Å². The summed E-state index contributed by atoms with van der Waals surface area (Å²) in [5, 5.41) is 2.73. The number of para-hydroxylation sites is 2. The number of nitrogens with one attached hydrogen (secondary N) is 2. The van der Waals surface area contributed by atoms with Gasteiger partial charge in [0.05, 0.1) is 11.0 Å². The van der Waals surface area contributed by atoms with E-state index in [-0.39, 0.29) is 24.2 Å². The number of H-pyrrole nitrogens is 1. The van der Waals surface area contributed by atoms with Crippen molar-refractivity contribution < 1.29 is 14.4 Å². The Hall–Kier alpha value is -3.88. The molecule has 2 aliphatic heterocycles. The maximum absolute atomic E-state index is 13.1. The van der Waals surface area contributed by atoms with Crippen molar-refractivity contribution in [1.29, 1.82) is 0 Å². The average Bonchev–Trinajstić information content (AvgIpc) is 3.28. The van der Waals surface area contributed by atoms with Gasteiger partial charge in [0.1, 0.15) is 12.1 Å². The van der Waals surface area contributed by atoms with Crippen molar-refractivity contribution in [3.8, 4) is 0 Å². The predicted octanol–water partition coefficient (Wildman–Crippen LogP) is 1.96. The minimum Gasteiger partial charge on any atom is -0.341 e. The number of amides is 4. The number of carbonyl (C=O) groups is 3. The molecule has 0 spiro atoms. The quantitative estimate of drug-likeness (QED) is 0.596. The van der Waals surface area contributed by atoms with Crippen molar-refractivity contribution in [3.63, 3.8) is 0 Å². The Kier molecular flexibility index (Phi) is 5.03. The number of benzene rings is 2. The number of imide groups is 1. The van der Waals surface area contributed by atoms with E-state index >= 15 is 0 Å². The standard InChI is InChI=1S/C24H25N5O4/c1-24(16-7-3-2-4-8-16)21(31)28(23(33)26-24)15-20(30)27-13-11-17(12-14-27)29-19-10-6-5-9-18(19)25-22(29)32/h2-10,17H,11-15H2,1H3,(H,25,32)(H,26,33). The van der Waals surface area contributed by atoms with Crippen LogP contribution in [0.15, 0.2) is 59.4 Å². The minimum absolute atomic E-state index is 0.0178. The first-order valence-corrected chi connectivity index (χ1v) is 11.0. The maximum Gasteiger partial charge on any atom is 0.326 e. The van der Waals surface area contributed by atoms with Gasteiger partial charge in [0.15, 0.2) is 0 Å². The molecule has 2 fully saturated rings. The van der Waals surface area contributed by atoms with E-state index in [1.165, 1.54) is 0 Å². The molecule has 2 aliphatic rings. The van der Waals surface area contributed by atoms with Gasteiger partial charge in [-0.3, -0.25) is 19.1 Å². The molecule has 1 aromatic heterocycles. The van der Waals surface area contributed by atoms with Crippen LogP contribution in [0.4, 0.5) is 4.79 Å². The molecule has 2 saturated heterocycles. The molecule has 9 heteroatoms. The maximum atomic E-state index is 13.1. The lowest BCUT2D eigenvalue weighted by molar-refractivity contribution is -0.139. The number of piperidine rings is 1. The second-order valence-electron chi connectivity index (χ2n) is 8.74. The van der Waals surface area contributed by atoms with Gasteiger partial charge in [-0.1, -0.05) is 42.5 Å². The van der Waals surface area contributed by atoms with Crippen molar-refractivity contribution >= 4 is 28.9 Å². The number of fused-ring (bicyclic) bond motifs is 1. The lowest BCUT2D eigenvalue weighted by Gasteiger charge is -2.33. The van der Waals surface area contributed by atoms with Crippen molar-refractivity contribution in [1.82, 2.24) is 24.7 Å². The predicted molar refractivity (Wildman–Crippen MR) is 121 cm³/mol. The van der Waals surface area contributed by atoms with Gasteiger partial charge in [-0.05, 0) is 37.5 Å². The Morgan fingerprint density at radius 3 is 2.39 bits per heavy atom. The van der Waals surface area contributed by atoms with E-state index in [0.717, 1.165) is 15.9 Å². The van der Waals surface area contributed by atoms with Crippen molar-refractivity contribution in [2.45, 2.75) is 31.3 Å². The number of aromatic amines is 1. The van der Waals surface area contributed by atoms with Crippen LogP contribution in [0.5, 0.6) is 0 Å². The zero-order valence-electron chi connectivity index (χ0n) is 18.3. The van der Waals surface area contributed by atoms with Gasteiger partial charge in [0, 0.05) is 19.1 Å². The number of aromatic nitrogens is 2. The number of imidazole rings is 1. The summed E-state index contributed by atoms with van der Waals surface area (Å²) >= 11 is 0. The Morgan fingerprint density at radius 2 is 1.67 bits per heavy atom. The molecule has 3 aromatic rings. The van der Waals surface area contributed by atoms with E-state index in [1.54, 1.807) is 40.7 Å². The van der Waals surface area contributed by atoms with Gasteiger partial charge in [-0.2, -0.15) is 0 Å². The van der Waals surface area contributed by atoms with Gasteiger partial charge in [0.25, 0.3) is 5.91 Å². The highest BCUT2D eigenvalue weighted by atomic mass is 16.2. The van der Waals surface area contributed by atoms with E-state index in [1.807, 2.05) is 30.3 Å². The van der Waals surface area contributed by atoms with Crippen LogP contribution in [-0.2, 0) is 15.1 Å². The van der Waals surface area contributed by atoms with Gasteiger partial charge in [0.2, 0.25) is 5.91 Å². The molecule has 3 heterocycles. The van der Waals surface area contributed by atoms with Crippen LogP contribution in [0.25, 0.3) is 11.0 Å². The molecular weight excluding hydrogens is 422 g/mol. The largest absolute Gasteiger partial charge is 0.341 e. The Morgan fingerprint density at radius 1 is 1.00 bits per heavy atom. The van der Waals surface area contributed by atoms with E-state index < -0.39 is 17.5 Å². The zero-order chi connectivity index (χ0) is 23.2. The lowest BCUT2D eigenvalue weighted by atomic mass is 9.92. The molecule has 0 saturated carbocycles. The van der Waals surface area contributed by atoms with Crippen LogP contribution in [0.1, 0.15) is 31.4 Å². The second-order valence-corrected chi connectivity index (χ2v) is 8.74. The van der Waals surface area contributed by atoms with Crippen LogP contribution in [0.3, 0.4) is 0 Å². The molecule has 5 rings (SSSR count). The van der Waals surface area contributed by atoms with Gasteiger partial charge in [-0.25, -0.2) is 9.59 Å². The molecule has 0 radical (unpaired) electrons. The smallest absolute Gasteiger partial charge is 0.326 e. The number of rotatable bonds is 4. The van der Waals surface area contributed by atoms with Crippen LogP contribution >= 0.6 is 0 Å². The summed E-state index contributed by atoms with van der Waals surface area (Å²) in [5.74, 6) is -0.715. The zero-order valence-corrected chi connectivity index (χ0v) is 18.3. The molecule has 2 aromatic carbocycles. The molecule has 33 heavy (non-hydrogen) atoms. The summed E-state index contributed by atoms with van der Waals surface area (Å²) in [6, 6.07) is 16.0. The van der Waals surface area contributed by atoms with Gasteiger partial charge < -0.3 is 15.2 Å². The monoisotopic (exact) mass is 447 g/mol. The number of urea groups is 1. The third kappa shape index (κ3) is 3.49. The number of nitrogens with zero attached hydrogens (tertiary/aromatic N) is 3.